The Balaban J connectivity index is 1.45. The summed E-state index contributed by atoms with van der Waals surface area (Å²) in [6, 6.07) is 5.14. The van der Waals surface area contributed by atoms with Crippen LogP contribution in [-0.4, -0.2) is 42.7 Å². The number of hydrogen-bond donors (Lipinski definition) is 1. The van der Waals surface area contributed by atoms with E-state index in [9.17, 15) is 0 Å². The summed E-state index contributed by atoms with van der Waals surface area (Å²) in [5, 5.41) is 3.52. The van der Waals surface area contributed by atoms with Gasteiger partial charge in [-0.1, -0.05) is 6.07 Å². The average molecular weight is 275 g/mol. The molecule has 1 aliphatic heterocycles. The predicted octanol–water partition coefficient (Wildman–Crippen LogP) is 1.80. The van der Waals surface area contributed by atoms with Crippen LogP contribution in [0.2, 0.25) is 0 Å². The Labute approximate surface area is 121 Å². The minimum absolute atomic E-state index is 0.696. The van der Waals surface area contributed by atoms with Crippen LogP contribution in [0.25, 0.3) is 0 Å². The molecule has 3 rings (SSSR count). The van der Waals surface area contributed by atoms with Crippen molar-refractivity contribution in [2.75, 3.05) is 26.8 Å². The van der Waals surface area contributed by atoms with E-state index in [1.54, 1.807) is 7.11 Å². The van der Waals surface area contributed by atoms with E-state index in [0.29, 0.717) is 5.92 Å². The van der Waals surface area contributed by atoms with E-state index in [4.69, 9.17) is 4.74 Å². The molecule has 4 nitrogen and oxygen atoms in total. The summed E-state index contributed by atoms with van der Waals surface area (Å²) in [4.78, 5) is 7.08. The number of pyridine rings is 1. The zero-order chi connectivity index (χ0) is 13.8. The summed E-state index contributed by atoms with van der Waals surface area (Å²) in [7, 11) is 1.79. The Morgan fingerprint density at radius 1 is 1.35 bits per heavy atom. The van der Waals surface area contributed by atoms with Gasteiger partial charge in [0.05, 0.1) is 12.3 Å². The molecule has 0 spiro atoms. The van der Waals surface area contributed by atoms with Crippen LogP contribution in [0, 0.1) is 5.92 Å². The molecule has 1 aromatic rings. The van der Waals surface area contributed by atoms with E-state index in [0.717, 1.165) is 32.3 Å². The molecule has 110 valence electrons. The normalized spacial score (nSPS) is 23.4. The number of hydrogen-bond acceptors (Lipinski definition) is 4. The van der Waals surface area contributed by atoms with Crippen LogP contribution in [0.4, 0.5) is 0 Å². The number of aromatic nitrogens is 1. The van der Waals surface area contributed by atoms with Gasteiger partial charge in [-0.05, 0) is 43.4 Å². The zero-order valence-corrected chi connectivity index (χ0v) is 12.3. The van der Waals surface area contributed by atoms with Crippen molar-refractivity contribution in [1.29, 1.82) is 0 Å². The van der Waals surface area contributed by atoms with Gasteiger partial charge < -0.3 is 10.1 Å². The van der Waals surface area contributed by atoms with Gasteiger partial charge in [-0.3, -0.25) is 9.88 Å². The van der Waals surface area contributed by atoms with Crippen LogP contribution in [0.3, 0.4) is 0 Å². The molecule has 20 heavy (non-hydrogen) atoms. The summed E-state index contributed by atoms with van der Waals surface area (Å²) in [6.07, 6.45) is 5.94. The van der Waals surface area contributed by atoms with Gasteiger partial charge in [-0.25, -0.2) is 0 Å². The lowest BCUT2D eigenvalue weighted by Gasteiger charge is -2.15. The molecular formula is C16H25N3O. The second-order valence-corrected chi connectivity index (χ2v) is 6.16. The van der Waals surface area contributed by atoms with Crippen LogP contribution in [0.15, 0.2) is 18.3 Å². The molecule has 1 saturated carbocycles. The zero-order valence-electron chi connectivity index (χ0n) is 12.3. The third-order valence-electron chi connectivity index (χ3n) is 4.22. The lowest BCUT2D eigenvalue weighted by atomic mass is 10.1. The van der Waals surface area contributed by atoms with Gasteiger partial charge in [0.2, 0.25) is 0 Å². The minimum Gasteiger partial charge on any atom is -0.384 e. The molecule has 0 radical (unpaired) electrons. The van der Waals surface area contributed by atoms with E-state index in [2.05, 4.69) is 27.3 Å². The third kappa shape index (κ3) is 4.01. The highest BCUT2D eigenvalue weighted by Crippen LogP contribution is 2.20. The van der Waals surface area contributed by atoms with Crippen molar-refractivity contribution in [3.63, 3.8) is 0 Å². The fourth-order valence-corrected chi connectivity index (χ4v) is 2.86. The molecule has 1 saturated heterocycles. The first kappa shape index (κ1) is 14.0. The fourth-order valence-electron chi connectivity index (χ4n) is 2.86. The van der Waals surface area contributed by atoms with Gasteiger partial charge in [0.15, 0.2) is 0 Å². The Hall–Kier alpha value is -0.970. The van der Waals surface area contributed by atoms with Crippen LogP contribution in [0.1, 0.15) is 30.5 Å². The predicted molar refractivity (Wildman–Crippen MR) is 79.4 cm³/mol. The Bertz CT molecular complexity index is 416. The molecule has 2 fully saturated rings. The monoisotopic (exact) mass is 275 g/mol. The molecule has 1 aromatic heterocycles. The number of nitrogens with one attached hydrogen (secondary N) is 1. The molecule has 2 heterocycles. The SMILES string of the molecule is COCC1CCN(Cc2ccc(CNC3CC3)cn2)C1. The smallest absolute Gasteiger partial charge is 0.0544 e. The number of nitrogens with zero attached hydrogens (tertiary/aromatic N) is 2. The van der Waals surface area contributed by atoms with Gasteiger partial charge in [0.1, 0.15) is 0 Å². The van der Waals surface area contributed by atoms with E-state index in [1.807, 2.05) is 6.20 Å². The molecule has 1 aliphatic carbocycles. The Morgan fingerprint density at radius 3 is 2.95 bits per heavy atom. The van der Waals surface area contributed by atoms with Crippen molar-refractivity contribution >= 4 is 0 Å². The maximum Gasteiger partial charge on any atom is 0.0544 e. The maximum absolute atomic E-state index is 5.24. The Kier molecular flexibility index (Phi) is 4.65. The van der Waals surface area contributed by atoms with Crippen LogP contribution in [-0.2, 0) is 17.8 Å². The summed E-state index contributed by atoms with van der Waals surface area (Å²) in [5.74, 6) is 0.696. The third-order valence-corrected chi connectivity index (χ3v) is 4.22. The highest BCUT2D eigenvalue weighted by atomic mass is 16.5. The first-order valence-electron chi connectivity index (χ1n) is 7.72. The number of ether oxygens (including phenoxy) is 1. The van der Waals surface area contributed by atoms with Gasteiger partial charge in [0.25, 0.3) is 0 Å². The van der Waals surface area contributed by atoms with Crippen molar-refractivity contribution in [2.45, 2.75) is 38.4 Å². The average Bonchev–Trinajstić information content (AvgIpc) is 3.19. The lowest BCUT2D eigenvalue weighted by Crippen LogP contribution is -2.22. The highest BCUT2D eigenvalue weighted by Gasteiger charge is 2.22. The van der Waals surface area contributed by atoms with Crippen molar-refractivity contribution in [2.24, 2.45) is 5.92 Å². The molecule has 1 atom stereocenters. The summed E-state index contributed by atoms with van der Waals surface area (Å²) >= 11 is 0. The molecule has 1 unspecified atom stereocenters. The van der Waals surface area contributed by atoms with Gasteiger partial charge in [0, 0.05) is 39.0 Å². The van der Waals surface area contributed by atoms with Crippen molar-refractivity contribution in [1.82, 2.24) is 15.2 Å². The van der Waals surface area contributed by atoms with Crippen molar-refractivity contribution in [3.8, 4) is 0 Å². The lowest BCUT2D eigenvalue weighted by molar-refractivity contribution is 0.152. The molecule has 4 heteroatoms. The standard InChI is InChI=1S/C16H25N3O/c1-20-12-14-6-7-19(10-14)11-16-3-2-13(9-18-16)8-17-15-4-5-15/h2-3,9,14-15,17H,4-8,10-12H2,1H3. The molecular weight excluding hydrogens is 250 g/mol. The molecule has 2 aliphatic rings. The van der Waals surface area contributed by atoms with Gasteiger partial charge in [-0.15, -0.1) is 0 Å². The topological polar surface area (TPSA) is 37.4 Å². The van der Waals surface area contributed by atoms with E-state index in [1.165, 1.54) is 37.1 Å². The van der Waals surface area contributed by atoms with Crippen LogP contribution < -0.4 is 5.32 Å². The largest absolute Gasteiger partial charge is 0.384 e. The fraction of sp³-hybridized carbons (Fsp3) is 0.688. The molecule has 0 aromatic carbocycles. The quantitative estimate of drug-likeness (QED) is 0.823. The number of likely N-dealkylation sites (tertiary alicyclic amines) is 1. The van der Waals surface area contributed by atoms with Crippen LogP contribution >= 0.6 is 0 Å². The first-order chi connectivity index (χ1) is 9.83. The minimum atomic E-state index is 0.696. The molecule has 0 bridgehead atoms. The summed E-state index contributed by atoms with van der Waals surface area (Å²) < 4.78 is 5.24. The Morgan fingerprint density at radius 2 is 2.25 bits per heavy atom. The second-order valence-electron chi connectivity index (χ2n) is 6.16. The number of rotatable bonds is 7. The van der Waals surface area contributed by atoms with E-state index < -0.39 is 0 Å². The maximum atomic E-state index is 5.24. The van der Waals surface area contributed by atoms with Crippen molar-refractivity contribution in [3.05, 3.63) is 29.6 Å². The van der Waals surface area contributed by atoms with E-state index >= 15 is 0 Å². The first-order valence-corrected chi connectivity index (χ1v) is 7.72. The van der Waals surface area contributed by atoms with Gasteiger partial charge >= 0.3 is 0 Å². The highest BCUT2D eigenvalue weighted by molar-refractivity contribution is 5.14. The van der Waals surface area contributed by atoms with Crippen molar-refractivity contribution < 1.29 is 4.74 Å². The second kappa shape index (κ2) is 6.66. The summed E-state index contributed by atoms with van der Waals surface area (Å²) in [6.45, 7) is 5.12. The molecule has 1 N–H and O–H groups in total. The number of methoxy groups -OCH3 is 1. The molecule has 0 amide bonds. The van der Waals surface area contributed by atoms with Crippen LogP contribution in [0.5, 0.6) is 0 Å². The van der Waals surface area contributed by atoms with Gasteiger partial charge in [-0.2, -0.15) is 0 Å². The summed E-state index contributed by atoms with van der Waals surface area (Å²) in [5.41, 5.74) is 2.47. The van der Waals surface area contributed by atoms with E-state index in [-0.39, 0.29) is 0 Å².